The minimum absolute atomic E-state index is 0.00535. The fourth-order valence-corrected chi connectivity index (χ4v) is 5.62. The van der Waals surface area contributed by atoms with E-state index in [0.29, 0.717) is 36.1 Å². The van der Waals surface area contributed by atoms with Crippen LogP contribution in [0.3, 0.4) is 0 Å². The number of amides is 2. The van der Waals surface area contributed by atoms with Crippen molar-refractivity contribution >= 4 is 11.8 Å². The van der Waals surface area contributed by atoms with Gasteiger partial charge < -0.3 is 15.3 Å². The van der Waals surface area contributed by atoms with Crippen LogP contribution in [-0.4, -0.2) is 56.8 Å². The van der Waals surface area contributed by atoms with Crippen molar-refractivity contribution in [2.45, 2.75) is 65.1 Å². The molecule has 2 heterocycles. The number of aliphatic hydroxyl groups is 1. The fraction of sp³-hybridized carbons (Fsp3) is 0.448. The van der Waals surface area contributed by atoms with Crippen molar-refractivity contribution in [3.63, 3.8) is 0 Å². The number of nitrogens with zero attached hydrogens (tertiary/aromatic N) is 2. The summed E-state index contributed by atoms with van der Waals surface area (Å²) >= 11 is 0. The van der Waals surface area contributed by atoms with Crippen molar-refractivity contribution in [1.82, 2.24) is 20.4 Å². The summed E-state index contributed by atoms with van der Waals surface area (Å²) in [6, 6.07) is 6.20. The zero-order valence-electron chi connectivity index (χ0n) is 22.2. The Hall–Kier alpha value is -3.59. The molecule has 1 aliphatic heterocycles. The molecule has 1 aromatic carbocycles. The molecule has 1 aromatic heterocycles. The molecule has 1 aliphatic carbocycles. The summed E-state index contributed by atoms with van der Waals surface area (Å²) in [7, 11) is 0. The lowest BCUT2D eigenvalue weighted by Crippen LogP contribution is -2.51. The van der Waals surface area contributed by atoms with E-state index in [2.05, 4.69) is 15.5 Å². The minimum atomic E-state index is -0.714. The summed E-state index contributed by atoms with van der Waals surface area (Å²) in [5.41, 5.74) is 3.21. The zero-order valence-corrected chi connectivity index (χ0v) is 22.2. The van der Waals surface area contributed by atoms with Gasteiger partial charge in [-0.25, -0.2) is 9.49 Å². The number of likely N-dealkylation sites (tertiary alicyclic amines) is 1. The number of H-pyrrole nitrogens is 1. The van der Waals surface area contributed by atoms with Crippen LogP contribution in [-0.2, 0) is 11.2 Å². The first-order chi connectivity index (χ1) is 18.0. The number of carbonyl (C=O) groups is 2. The lowest BCUT2D eigenvalue weighted by Gasteiger charge is -2.36. The molecule has 38 heavy (non-hydrogen) atoms. The van der Waals surface area contributed by atoms with E-state index in [1.165, 1.54) is 12.2 Å². The molecule has 4 rings (SSSR count). The van der Waals surface area contributed by atoms with Crippen LogP contribution in [0.1, 0.15) is 59.4 Å². The third-order valence-corrected chi connectivity index (χ3v) is 7.47. The molecule has 0 spiro atoms. The molecular formula is C29H35FN4O4. The van der Waals surface area contributed by atoms with Gasteiger partial charge in [-0.3, -0.25) is 14.4 Å². The molecule has 0 radical (unpaired) electrons. The summed E-state index contributed by atoms with van der Waals surface area (Å²) in [4.78, 5) is 40.1. The van der Waals surface area contributed by atoms with Gasteiger partial charge in [-0.2, -0.15) is 5.10 Å². The van der Waals surface area contributed by atoms with E-state index in [0.717, 1.165) is 11.1 Å². The molecule has 202 valence electrons. The van der Waals surface area contributed by atoms with Gasteiger partial charge in [-0.05, 0) is 74.1 Å². The highest BCUT2D eigenvalue weighted by molar-refractivity contribution is 5.96. The molecule has 0 bridgehead atoms. The molecule has 1 unspecified atom stereocenters. The number of aromatic amines is 1. The minimum Gasteiger partial charge on any atom is -0.391 e. The third-order valence-electron chi connectivity index (χ3n) is 7.47. The molecule has 1 fully saturated rings. The van der Waals surface area contributed by atoms with E-state index in [-0.39, 0.29) is 41.7 Å². The Morgan fingerprint density at radius 1 is 1.24 bits per heavy atom. The first-order valence-corrected chi connectivity index (χ1v) is 13.0. The van der Waals surface area contributed by atoms with Gasteiger partial charge in [0.05, 0.1) is 24.4 Å². The molecule has 1 saturated heterocycles. The van der Waals surface area contributed by atoms with E-state index in [9.17, 15) is 23.9 Å². The highest BCUT2D eigenvalue weighted by Gasteiger charge is 2.46. The summed E-state index contributed by atoms with van der Waals surface area (Å²) in [5.74, 6) is -1.28. The van der Waals surface area contributed by atoms with Gasteiger partial charge in [0.25, 0.3) is 11.5 Å². The number of benzene rings is 1. The normalized spacial score (nSPS) is 23.0. The van der Waals surface area contributed by atoms with Gasteiger partial charge >= 0.3 is 0 Å². The quantitative estimate of drug-likeness (QED) is 0.517. The van der Waals surface area contributed by atoms with Gasteiger partial charge in [0, 0.05) is 29.5 Å². The number of aliphatic hydroxyl groups excluding tert-OH is 1. The Morgan fingerprint density at radius 2 is 2.00 bits per heavy atom. The number of halogens is 1. The second-order valence-corrected chi connectivity index (χ2v) is 10.6. The Balaban J connectivity index is 1.45. The summed E-state index contributed by atoms with van der Waals surface area (Å²) in [5, 5.41) is 19.9. The van der Waals surface area contributed by atoms with Crippen molar-refractivity contribution in [3.05, 3.63) is 86.6 Å². The van der Waals surface area contributed by atoms with Crippen LogP contribution < -0.4 is 10.9 Å². The first kappa shape index (κ1) is 27.4. The lowest BCUT2D eigenvalue weighted by molar-refractivity contribution is -0.135. The SMILES string of the molecule is Cc1cc(Cc2ccc(C(=O)NCC(=O)N3[C@H](C4C=C(F)C=CC4)C[C@H](O)[C@@H]3C(C)C)cc2C)c(=O)[nH]n1. The van der Waals surface area contributed by atoms with Crippen molar-refractivity contribution in [2.75, 3.05) is 6.54 Å². The molecule has 9 heteroatoms. The summed E-state index contributed by atoms with van der Waals surface area (Å²) < 4.78 is 14.0. The maximum atomic E-state index is 14.0. The molecule has 0 saturated carbocycles. The number of aryl methyl sites for hydroxylation is 2. The summed E-state index contributed by atoms with van der Waals surface area (Å²) in [6.45, 7) is 7.33. The predicted octanol–water partition coefficient (Wildman–Crippen LogP) is 3.12. The van der Waals surface area contributed by atoms with Crippen LogP contribution in [0.5, 0.6) is 0 Å². The van der Waals surface area contributed by atoms with E-state index in [1.807, 2.05) is 20.8 Å². The van der Waals surface area contributed by atoms with Crippen molar-refractivity contribution in [2.24, 2.45) is 11.8 Å². The number of hydrogen-bond acceptors (Lipinski definition) is 5. The van der Waals surface area contributed by atoms with Crippen LogP contribution in [0.4, 0.5) is 4.39 Å². The van der Waals surface area contributed by atoms with Crippen LogP contribution in [0.2, 0.25) is 0 Å². The number of carbonyl (C=O) groups excluding carboxylic acids is 2. The van der Waals surface area contributed by atoms with Crippen molar-refractivity contribution in [1.29, 1.82) is 0 Å². The number of hydrogen-bond donors (Lipinski definition) is 3. The number of nitrogens with one attached hydrogen (secondary N) is 2. The molecule has 3 N–H and O–H groups in total. The summed E-state index contributed by atoms with van der Waals surface area (Å²) in [6.07, 6.45) is 5.33. The van der Waals surface area contributed by atoms with Gasteiger partial charge in [0.1, 0.15) is 5.83 Å². The first-order valence-electron chi connectivity index (χ1n) is 13.0. The zero-order chi connectivity index (χ0) is 27.6. The maximum absolute atomic E-state index is 14.0. The highest BCUT2D eigenvalue weighted by Crippen LogP contribution is 2.37. The maximum Gasteiger partial charge on any atom is 0.267 e. The molecule has 4 atom stereocenters. The fourth-order valence-electron chi connectivity index (χ4n) is 5.62. The number of allylic oxidation sites excluding steroid dienone is 3. The largest absolute Gasteiger partial charge is 0.391 e. The average molecular weight is 523 g/mol. The standard InChI is InChI=1S/C29H35FN4O4/c1-16(2)27-25(35)14-24(20-6-5-7-23(30)13-20)34(27)26(36)15-31-28(37)21-9-8-19(17(3)10-21)12-22-11-18(4)32-33-29(22)38/h5,7-11,13,16,20,24-25,27,35H,6,12,14-15H2,1-4H3,(H,31,37)(H,33,38)/t20?,24-,25-,27-/m0/s1. The molecule has 2 aromatic rings. The van der Waals surface area contributed by atoms with E-state index in [1.54, 1.807) is 42.2 Å². The van der Waals surface area contributed by atoms with E-state index in [4.69, 9.17) is 0 Å². The van der Waals surface area contributed by atoms with Crippen LogP contribution in [0, 0.1) is 25.7 Å². The molecule has 2 aliphatic rings. The Kier molecular flexibility index (Phi) is 8.26. The monoisotopic (exact) mass is 522 g/mol. The smallest absolute Gasteiger partial charge is 0.267 e. The predicted molar refractivity (Wildman–Crippen MR) is 142 cm³/mol. The lowest BCUT2D eigenvalue weighted by atomic mass is 9.90. The van der Waals surface area contributed by atoms with Gasteiger partial charge in [0.2, 0.25) is 5.91 Å². The number of aromatic nitrogens is 2. The highest BCUT2D eigenvalue weighted by atomic mass is 19.1. The van der Waals surface area contributed by atoms with Gasteiger partial charge in [0.15, 0.2) is 0 Å². The van der Waals surface area contributed by atoms with Crippen LogP contribution in [0.15, 0.2) is 53.1 Å². The Bertz CT molecular complexity index is 1330. The van der Waals surface area contributed by atoms with Gasteiger partial charge in [-0.15, -0.1) is 0 Å². The van der Waals surface area contributed by atoms with Crippen molar-refractivity contribution in [3.8, 4) is 0 Å². The van der Waals surface area contributed by atoms with Crippen LogP contribution in [0.25, 0.3) is 0 Å². The Morgan fingerprint density at radius 3 is 2.68 bits per heavy atom. The van der Waals surface area contributed by atoms with E-state index >= 15 is 0 Å². The Labute approximate surface area is 221 Å². The van der Waals surface area contributed by atoms with Gasteiger partial charge in [-0.1, -0.05) is 26.0 Å². The molecule has 2 amide bonds. The second kappa shape index (κ2) is 11.4. The number of rotatable bonds is 7. The molecule has 8 nitrogen and oxygen atoms in total. The molecular weight excluding hydrogens is 487 g/mol. The van der Waals surface area contributed by atoms with Crippen molar-refractivity contribution < 1.29 is 19.1 Å². The van der Waals surface area contributed by atoms with Crippen LogP contribution >= 0.6 is 0 Å². The topological polar surface area (TPSA) is 115 Å². The second-order valence-electron chi connectivity index (χ2n) is 10.6. The third kappa shape index (κ3) is 5.93. The average Bonchev–Trinajstić information content (AvgIpc) is 3.23. The van der Waals surface area contributed by atoms with E-state index < -0.39 is 18.1 Å².